The molecule has 0 aliphatic carbocycles. The lowest BCUT2D eigenvalue weighted by atomic mass is 10.1. The first-order valence-electron chi connectivity index (χ1n) is 10.9. The minimum Gasteiger partial charge on any atom is -0.377 e. The van der Waals surface area contributed by atoms with E-state index in [1.807, 2.05) is 73.3 Å². The molecule has 7 nitrogen and oxygen atoms in total. The molecule has 0 bridgehead atoms. The quantitative estimate of drug-likeness (QED) is 0.648. The number of ether oxygens (including phenoxy) is 2. The smallest absolute Gasteiger partial charge is 0.254 e. The highest BCUT2D eigenvalue weighted by Crippen LogP contribution is 2.26. The molecule has 1 saturated heterocycles. The third-order valence-electron chi connectivity index (χ3n) is 5.48. The van der Waals surface area contributed by atoms with Crippen LogP contribution >= 0.6 is 0 Å². The van der Waals surface area contributed by atoms with E-state index in [0.717, 1.165) is 36.3 Å². The summed E-state index contributed by atoms with van der Waals surface area (Å²) in [5, 5.41) is 2.85. The summed E-state index contributed by atoms with van der Waals surface area (Å²) in [4.78, 5) is 29.3. The minimum absolute atomic E-state index is 0.0121. The number of benzene rings is 2. The Morgan fingerprint density at radius 3 is 2.66 bits per heavy atom. The van der Waals surface area contributed by atoms with Crippen molar-refractivity contribution >= 4 is 23.2 Å². The van der Waals surface area contributed by atoms with Crippen LogP contribution < -0.4 is 10.2 Å². The summed E-state index contributed by atoms with van der Waals surface area (Å²) in [6.07, 6.45) is 2.00. The van der Waals surface area contributed by atoms with E-state index in [4.69, 9.17) is 9.47 Å². The predicted octanol–water partition coefficient (Wildman–Crippen LogP) is 3.47. The Kier molecular flexibility index (Phi) is 8.25. The lowest BCUT2D eigenvalue weighted by molar-refractivity contribution is -0.119. The number of carbonyl (C=O) groups is 2. The Morgan fingerprint density at radius 2 is 2.00 bits per heavy atom. The van der Waals surface area contributed by atoms with Crippen molar-refractivity contribution in [2.45, 2.75) is 32.4 Å². The van der Waals surface area contributed by atoms with Crippen molar-refractivity contribution in [1.82, 2.24) is 4.90 Å². The highest BCUT2D eigenvalue weighted by molar-refractivity contribution is 5.95. The van der Waals surface area contributed by atoms with Crippen molar-refractivity contribution < 1.29 is 19.1 Å². The van der Waals surface area contributed by atoms with Crippen LogP contribution in [0.3, 0.4) is 0 Å². The molecule has 1 aliphatic rings. The van der Waals surface area contributed by atoms with E-state index in [2.05, 4.69) is 5.32 Å². The van der Waals surface area contributed by atoms with Crippen molar-refractivity contribution in [3.05, 3.63) is 59.2 Å². The summed E-state index contributed by atoms with van der Waals surface area (Å²) in [6, 6.07) is 13.4. The van der Waals surface area contributed by atoms with E-state index in [1.54, 1.807) is 0 Å². The Labute approximate surface area is 190 Å². The van der Waals surface area contributed by atoms with Crippen LogP contribution in [-0.2, 0) is 20.8 Å². The lowest BCUT2D eigenvalue weighted by Crippen LogP contribution is -2.37. The zero-order chi connectivity index (χ0) is 23.1. The first kappa shape index (κ1) is 23.8. The minimum atomic E-state index is -0.219. The second kappa shape index (κ2) is 11.1. The number of amides is 2. The molecule has 0 saturated carbocycles. The molecule has 2 aromatic carbocycles. The van der Waals surface area contributed by atoms with Crippen LogP contribution in [0, 0.1) is 6.92 Å². The van der Waals surface area contributed by atoms with E-state index in [9.17, 15) is 9.59 Å². The van der Waals surface area contributed by atoms with Gasteiger partial charge >= 0.3 is 0 Å². The number of aryl methyl sites for hydroxylation is 1. The Hall–Kier alpha value is -2.90. The predicted molar refractivity (Wildman–Crippen MR) is 126 cm³/mol. The van der Waals surface area contributed by atoms with Gasteiger partial charge in [0.25, 0.3) is 5.91 Å². The Bertz CT molecular complexity index is 939. The van der Waals surface area contributed by atoms with Crippen LogP contribution in [0.25, 0.3) is 0 Å². The van der Waals surface area contributed by atoms with E-state index in [-0.39, 0.29) is 24.5 Å². The summed E-state index contributed by atoms with van der Waals surface area (Å²) in [6.45, 7) is 3.65. The second-order valence-electron chi connectivity index (χ2n) is 8.41. The molecule has 1 fully saturated rings. The highest BCUT2D eigenvalue weighted by Gasteiger charge is 2.25. The normalized spacial score (nSPS) is 15.4. The van der Waals surface area contributed by atoms with Gasteiger partial charge in [0.15, 0.2) is 0 Å². The Balaban J connectivity index is 1.90. The fourth-order valence-corrected chi connectivity index (χ4v) is 3.97. The standard InChI is InChI=1S/C25H33N3O4/c1-18-7-5-8-19(13-18)25(30)28(16-22-9-6-12-32-22)15-20-14-21(26-24(29)17-31-4)10-11-23(20)27(2)3/h5,7-8,10-11,13-14,22H,6,9,12,15-17H2,1-4H3,(H,26,29). The topological polar surface area (TPSA) is 71.1 Å². The van der Waals surface area contributed by atoms with Gasteiger partial charge in [0, 0.05) is 57.8 Å². The first-order chi connectivity index (χ1) is 15.4. The molecule has 0 radical (unpaired) electrons. The number of hydrogen-bond donors (Lipinski definition) is 1. The zero-order valence-corrected chi connectivity index (χ0v) is 19.4. The number of methoxy groups -OCH3 is 1. The van der Waals surface area contributed by atoms with Crippen LogP contribution in [0.4, 0.5) is 11.4 Å². The summed E-state index contributed by atoms with van der Waals surface area (Å²) < 4.78 is 10.7. The van der Waals surface area contributed by atoms with Crippen LogP contribution in [0.5, 0.6) is 0 Å². The van der Waals surface area contributed by atoms with Crippen LogP contribution in [0.2, 0.25) is 0 Å². The number of rotatable bonds is 9. The van der Waals surface area contributed by atoms with Crippen LogP contribution in [0.1, 0.15) is 34.3 Å². The summed E-state index contributed by atoms with van der Waals surface area (Å²) >= 11 is 0. The van der Waals surface area contributed by atoms with E-state index in [0.29, 0.717) is 24.3 Å². The monoisotopic (exact) mass is 439 g/mol. The van der Waals surface area contributed by atoms with Gasteiger partial charge in [-0.2, -0.15) is 0 Å². The molecule has 2 amide bonds. The largest absolute Gasteiger partial charge is 0.377 e. The molecular formula is C25H33N3O4. The molecule has 7 heteroatoms. The van der Waals surface area contributed by atoms with Gasteiger partial charge in [-0.25, -0.2) is 0 Å². The SMILES string of the molecule is COCC(=O)Nc1ccc(N(C)C)c(CN(CC2CCCO2)C(=O)c2cccc(C)c2)c1. The van der Waals surface area contributed by atoms with E-state index < -0.39 is 0 Å². The zero-order valence-electron chi connectivity index (χ0n) is 19.4. The van der Waals surface area contributed by atoms with E-state index >= 15 is 0 Å². The van der Waals surface area contributed by atoms with Gasteiger partial charge < -0.3 is 24.6 Å². The van der Waals surface area contributed by atoms with Gasteiger partial charge in [0.2, 0.25) is 5.91 Å². The number of nitrogens with zero attached hydrogens (tertiary/aromatic N) is 2. The van der Waals surface area contributed by atoms with Crippen LogP contribution in [0.15, 0.2) is 42.5 Å². The summed E-state index contributed by atoms with van der Waals surface area (Å²) in [5.74, 6) is -0.245. The molecule has 1 heterocycles. The van der Waals surface area contributed by atoms with Crippen molar-refractivity contribution in [2.75, 3.05) is 51.2 Å². The first-order valence-corrected chi connectivity index (χ1v) is 10.9. The number of anilines is 2. The average molecular weight is 440 g/mol. The van der Waals surface area contributed by atoms with Gasteiger partial charge in [0.1, 0.15) is 6.61 Å². The molecule has 1 atom stereocenters. The molecule has 1 unspecified atom stereocenters. The molecule has 1 aliphatic heterocycles. The fourth-order valence-electron chi connectivity index (χ4n) is 3.97. The second-order valence-corrected chi connectivity index (χ2v) is 8.41. The molecule has 172 valence electrons. The molecule has 0 spiro atoms. The van der Waals surface area contributed by atoms with Gasteiger partial charge in [-0.1, -0.05) is 17.7 Å². The fraction of sp³-hybridized carbons (Fsp3) is 0.440. The van der Waals surface area contributed by atoms with Gasteiger partial charge in [-0.15, -0.1) is 0 Å². The Morgan fingerprint density at radius 1 is 1.19 bits per heavy atom. The maximum atomic E-state index is 13.5. The van der Waals surface area contributed by atoms with Gasteiger partial charge in [-0.05, 0) is 55.7 Å². The molecule has 32 heavy (non-hydrogen) atoms. The summed E-state index contributed by atoms with van der Waals surface area (Å²) in [7, 11) is 5.42. The molecular weight excluding hydrogens is 406 g/mol. The molecule has 2 aromatic rings. The van der Waals surface area contributed by atoms with Crippen LogP contribution in [-0.4, -0.2) is 63.8 Å². The highest BCUT2D eigenvalue weighted by atomic mass is 16.5. The van der Waals surface area contributed by atoms with Crippen molar-refractivity contribution in [1.29, 1.82) is 0 Å². The third kappa shape index (κ3) is 6.31. The molecule has 3 rings (SSSR count). The van der Waals surface area contributed by atoms with Crippen molar-refractivity contribution in [3.63, 3.8) is 0 Å². The molecule has 1 N–H and O–H groups in total. The number of hydrogen-bond acceptors (Lipinski definition) is 5. The van der Waals surface area contributed by atoms with Crippen molar-refractivity contribution in [2.24, 2.45) is 0 Å². The van der Waals surface area contributed by atoms with Crippen molar-refractivity contribution in [3.8, 4) is 0 Å². The van der Waals surface area contributed by atoms with E-state index in [1.165, 1.54) is 7.11 Å². The number of carbonyl (C=O) groups excluding carboxylic acids is 2. The third-order valence-corrected chi connectivity index (χ3v) is 5.48. The van der Waals surface area contributed by atoms with Gasteiger partial charge in [0.05, 0.1) is 6.10 Å². The average Bonchev–Trinajstić information content (AvgIpc) is 3.26. The van der Waals surface area contributed by atoms with Gasteiger partial charge in [-0.3, -0.25) is 9.59 Å². The maximum Gasteiger partial charge on any atom is 0.254 e. The maximum absolute atomic E-state index is 13.5. The lowest BCUT2D eigenvalue weighted by Gasteiger charge is -2.28. The molecule has 0 aromatic heterocycles. The summed E-state index contributed by atoms with van der Waals surface area (Å²) in [5.41, 5.74) is 4.32. The number of nitrogens with one attached hydrogen (secondary N) is 1.